The lowest BCUT2D eigenvalue weighted by Gasteiger charge is -2.58. The highest BCUT2D eigenvalue weighted by Gasteiger charge is 2.58. The van der Waals surface area contributed by atoms with E-state index in [9.17, 15) is 9.59 Å². The van der Waals surface area contributed by atoms with Crippen LogP contribution in [-0.4, -0.2) is 54.6 Å². The van der Waals surface area contributed by atoms with Gasteiger partial charge in [0.15, 0.2) is 0 Å². The molecule has 8 aliphatic carbocycles. The third-order valence-corrected chi connectivity index (χ3v) is 11.1. The predicted octanol–water partition coefficient (Wildman–Crippen LogP) is 4.06. The average molecular weight is 441 g/mol. The Morgan fingerprint density at radius 2 is 0.938 bits per heavy atom. The summed E-state index contributed by atoms with van der Waals surface area (Å²) in [6.07, 6.45) is 14.6. The van der Waals surface area contributed by atoms with Crippen molar-refractivity contribution >= 4 is 11.8 Å². The molecule has 8 bridgehead atoms. The van der Waals surface area contributed by atoms with Gasteiger partial charge in [-0.15, -0.1) is 0 Å². The lowest BCUT2D eigenvalue weighted by Crippen LogP contribution is -2.64. The minimum Gasteiger partial charge on any atom is -0.378 e. The van der Waals surface area contributed by atoms with Crippen LogP contribution in [0.25, 0.3) is 0 Å². The van der Waals surface area contributed by atoms with Crippen molar-refractivity contribution in [2.75, 3.05) is 26.9 Å². The van der Waals surface area contributed by atoms with Gasteiger partial charge in [0.1, 0.15) is 0 Å². The fourth-order valence-electron chi connectivity index (χ4n) is 10.7. The standard InChI is InChI=1S/C27H40N2O3/c1-32-23-14-28(24(30)26-8-17-2-18(9-26)4-19(3-17)10-26)16-29(15-23)25(31)27-11-20-5-21(12-27)7-22(6-20)13-27/h17-23H,2-16H2,1H3. The fourth-order valence-corrected chi connectivity index (χ4v) is 10.7. The van der Waals surface area contributed by atoms with Gasteiger partial charge in [-0.1, -0.05) is 0 Å². The molecule has 8 saturated carbocycles. The third kappa shape index (κ3) is 2.98. The molecule has 0 aromatic carbocycles. The van der Waals surface area contributed by atoms with Crippen molar-refractivity contribution in [3.8, 4) is 0 Å². The number of nitrogens with zero attached hydrogens (tertiary/aromatic N) is 2. The molecule has 1 saturated heterocycles. The number of carbonyl (C=O) groups is 2. The van der Waals surface area contributed by atoms with Gasteiger partial charge in [-0.2, -0.15) is 0 Å². The number of rotatable bonds is 3. The van der Waals surface area contributed by atoms with Crippen molar-refractivity contribution < 1.29 is 14.3 Å². The van der Waals surface area contributed by atoms with Gasteiger partial charge in [-0.3, -0.25) is 9.59 Å². The maximum atomic E-state index is 14.1. The van der Waals surface area contributed by atoms with Crippen LogP contribution >= 0.6 is 0 Å². The van der Waals surface area contributed by atoms with E-state index in [2.05, 4.69) is 0 Å². The number of methoxy groups -OCH3 is 1. The van der Waals surface area contributed by atoms with E-state index in [1.54, 1.807) is 7.11 Å². The summed E-state index contributed by atoms with van der Waals surface area (Å²) >= 11 is 0. The van der Waals surface area contributed by atoms with Crippen LogP contribution in [0.3, 0.4) is 0 Å². The Morgan fingerprint density at radius 1 is 0.625 bits per heavy atom. The van der Waals surface area contributed by atoms with E-state index in [0.29, 0.717) is 31.6 Å². The molecule has 32 heavy (non-hydrogen) atoms. The van der Waals surface area contributed by atoms with E-state index in [-0.39, 0.29) is 16.9 Å². The molecule has 0 N–H and O–H groups in total. The predicted molar refractivity (Wildman–Crippen MR) is 120 cm³/mol. The summed E-state index contributed by atoms with van der Waals surface area (Å²) in [5, 5.41) is 0. The quantitative estimate of drug-likeness (QED) is 0.665. The minimum absolute atomic E-state index is 0.0560. The number of hydrogen-bond donors (Lipinski definition) is 0. The largest absolute Gasteiger partial charge is 0.378 e. The van der Waals surface area contributed by atoms with E-state index in [4.69, 9.17) is 4.74 Å². The van der Waals surface area contributed by atoms with Gasteiger partial charge in [0, 0.05) is 7.11 Å². The van der Waals surface area contributed by atoms with Crippen LogP contribution in [-0.2, 0) is 14.3 Å². The van der Waals surface area contributed by atoms with Gasteiger partial charge in [-0.05, 0) is 113 Å². The Morgan fingerprint density at radius 3 is 1.22 bits per heavy atom. The van der Waals surface area contributed by atoms with E-state index in [1.165, 1.54) is 38.5 Å². The smallest absolute Gasteiger partial charge is 0.230 e. The van der Waals surface area contributed by atoms with Crippen molar-refractivity contribution in [3.63, 3.8) is 0 Å². The Labute approximate surface area is 192 Å². The Hall–Kier alpha value is -1.10. The van der Waals surface area contributed by atoms with Crippen LogP contribution in [0.15, 0.2) is 0 Å². The molecule has 0 spiro atoms. The number of carbonyl (C=O) groups excluding carboxylic acids is 2. The first-order valence-electron chi connectivity index (χ1n) is 13.6. The highest BCUT2D eigenvalue weighted by molar-refractivity contribution is 5.86. The summed E-state index contributed by atoms with van der Waals surface area (Å²) in [6, 6.07) is 0. The molecule has 0 unspecified atom stereocenters. The summed E-state index contributed by atoms with van der Waals surface area (Å²) in [4.78, 5) is 32.2. The Bertz CT molecular complexity index is 687. The van der Waals surface area contributed by atoms with Crippen molar-refractivity contribution in [1.29, 1.82) is 0 Å². The Kier molecular flexibility index (Phi) is 4.41. The summed E-state index contributed by atoms with van der Waals surface area (Å²) in [5.41, 5.74) is -0.278. The molecule has 1 aliphatic heterocycles. The zero-order chi connectivity index (χ0) is 21.7. The first-order valence-corrected chi connectivity index (χ1v) is 13.6. The van der Waals surface area contributed by atoms with Crippen LogP contribution in [0.5, 0.6) is 0 Å². The molecule has 9 aliphatic rings. The molecular formula is C27H40N2O3. The summed E-state index contributed by atoms with van der Waals surface area (Å²) in [6.45, 7) is 1.81. The molecule has 0 aromatic rings. The highest BCUT2D eigenvalue weighted by Crippen LogP contribution is 2.62. The molecule has 176 valence electrons. The van der Waals surface area contributed by atoms with E-state index >= 15 is 0 Å². The van der Waals surface area contributed by atoms with Gasteiger partial charge in [0.25, 0.3) is 0 Å². The van der Waals surface area contributed by atoms with Gasteiger partial charge in [-0.25, -0.2) is 0 Å². The SMILES string of the molecule is COC1CN(C(=O)C23CC4CC(CC(C4)C2)C3)CN(C(=O)C23CC4CC(CC(C4)C2)C3)C1. The maximum Gasteiger partial charge on any atom is 0.230 e. The van der Waals surface area contributed by atoms with E-state index < -0.39 is 0 Å². The lowest BCUT2D eigenvalue weighted by molar-refractivity contribution is -0.176. The van der Waals surface area contributed by atoms with Crippen LogP contribution < -0.4 is 0 Å². The summed E-state index contributed by atoms with van der Waals surface area (Å²) < 4.78 is 5.80. The summed E-state index contributed by atoms with van der Waals surface area (Å²) in [5.74, 6) is 5.27. The first-order chi connectivity index (χ1) is 15.4. The van der Waals surface area contributed by atoms with E-state index in [1.807, 2.05) is 9.80 Å². The molecular weight excluding hydrogens is 400 g/mol. The number of amides is 2. The van der Waals surface area contributed by atoms with Gasteiger partial charge >= 0.3 is 0 Å². The molecule has 2 amide bonds. The molecule has 9 fully saturated rings. The maximum absolute atomic E-state index is 14.1. The second-order valence-electron chi connectivity index (χ2n) is 13.5. The van der Waals surface area contributed by atoms with Crippen LogP contribution in [0.4, 0.5) is 0 Å². The number of hydrogen-bond acceptors (Lipinski definition) is 3. The zero-order valence-electron chi connectivity index (χ0n) is 19.8. The van der Waals surface area contributed by atoms with Gasteiger partial charge < -0.3 is 14.5 Å². The third-order valence-electron chi connectivity index (χ3n) is 11.1. The van der Waals surface area contributed by atoms with Gasteiger partial charge in [0.2, 0.25) is 11.8 Å². The molecule has 0 radical (unpaired) electrons. The minimum atomic E-state index is -0.139. The first kappa shape index (κ1) is 20.3. The molecule has 0 atom stereocenters. The highest BCUT2D eigenvalue weighted by atomic mass is 16.5. The van der Waals surface area contributed by atoms with Crippen LogP contribution in [0.2, 0.25) is 0 Å². The Balaban J connectivity index is 1.13. The second kappa shape index (κ2) is 6.96. The monoisotopic (exact) mass is 440 g/mol. The molecule has 0 aromatic heterocycles. The number of ether oxygens (including phenoxy) is 1. The van der Waals surface area contributed by atoms with Crippen molar-refractivity contribution in [3.05, 3.63) is 0 Å². The zero-order valence-corrected chi connectivity index (χ0v) is 19.8. The molecule has 5 heteroatoms. The molecule has 1 heterocycles. The van der Waals surface area contributed by atoms with E-state index in [0.717, 1.165) is 74.0 Å². The topological polar surface area (TPSA) is 49.9 Å². The van der Waals surface area contributed by atoms with Gasteiger partial charge in [0.05, 0.1) is 36.7 Å². The molecule has 9 rings (SSSR count). The van der Waals surface area contributed by atoms with Crippen molar-refractivity contribution in [1.82, 2.24) is 9.80 Å². The normalized spacial score (nSPS) is 50.8. The van der Waals surface area contributed by atoms with Crippen LogP contribution in [0.1, 0.15) is 77.0 Å². The second-order valence-corrected chi connectivity index (χ2v) is 13.5. The fraction of sp³-hybridized carbons (Fsp3) is 0.926. The van der Waals surface area contributed by atoms with Crippen molar-refractivity contribution in [2.45, 2.75) is 83.2 Å². The average Bonchev–Trinajstić information content (AvgIpc) is 2.76. The van der Waals surface area contributed by atoms with Crippen molar-refractivity contribution in [2.24, 2.45) is 46.3 Å². The lowest BCUT2D eigenvalue weighted by atomic mass is 9.49. The summed E-state index contributed by atoms with van der Waals surface area (Å²) in [7, 11) is 1.75. The molecule has 5 nitrogen and oxygen atoms in total. The van der Waals surface area contributed by atoms with Crippen LogP contribution in [0, 0.1) is 46.3 Å².